The maximum atomic E-state index is 11.7. The summed E-state index contributed by atoms with van der Waals surface area (Å²) in [5.74, 6) is -0.591. The molecule has 0 aromatic rings. The summed E-state index contributed by atoms with van der Waals surface area (Å²) in [7, 11) is -3.51. The van der Waals surface area contributed by atoms with Crippen LogP contribution in [-0.2, 0) is 14.8 Å². The maximum Gasteiger partial charge on any atom is 0.303 e. The van der Waals surface area contributed by atoms with E-state index in [1.807, 2.05) is 0 Å². The van der Waals surface area contributed by atoms with E-state index >= 15 is 0 Å². The summed E-state index contributed by atoms with van der Waals surface area (Å²) in [6.07, 6.45) is 4.09. The Morgan fingerprint density at radius 2 is 1.95 bits per heavy atom. The highest BCUT2D eigenvalue weighted by molar-refractivity contribution is 7.89. The second kappa shape index (κ2) is 7.38. The van der Waals surface area contributed by atoms with Gasteiger partial charge in [-0.1, -0.05) is 13.3 Å². The normalized spacial score (nSPS) is 27.4. The molecule has 1 aliphatic carbocycles. The predicted molar refractivity (Wildman–Crippen MR) is 75.9 cm³/mol. The van der Waals surface area contributed by atoms with Gasteiger partial charge < -0.3 is 10.2 Å². The fourth-order valence-corrected chi connectivity index (χ4v) is 3.69. The van der Waals surface area contributed by atoms with Crippen LogP contribution in [0, 0.1) is 5.92 Å². The van der Waals surface area contributed by atoms with Crippen LogP contribution in [0.25, 0.3) is 0 Å². The Bertz CT molecular complexity index is 412. The molecule has 0 spiro atoms. The Hall–Kier alpha value is -0.660. The molecule has 7 heteroatoms. The van der Waals surface area contributed by atoms with Gasteiger partial charge in [0.2, 0.25) is 10.0 Å². The highest BCUT2D eigenvalue weighted by atomic mass is 32.2. The first kappa shape index (κ1) is 17.4. The summed E-state index contributed by atoms with van der Waals surface area (Å²) >= 11 is 0. The van der Waals surface area contributed by atoms with E-state index in [0.717, 1.165) is 19.3 Å². The van der Waals surface area contributed by atoms with Gasteiger partial charge in [-0.25, -0.2) is 13.1 Å². The summed E-state index contributed by atoms with van der Waals surface area (Å²) in [5, 5.41) is 18.8. The SMILES string of the molecule is CCC1CCC(O)(CNS(=O)(=O)CCCC(=O)O)CC1. The monoisotopic (exact) mass is 307 g/mol. The van der Waals surface area contributed by atoms with Gasteiger partial charge in [-0.2, -0.15) is 0 Å². The summed E-state index contributed by atoms with van der Waals surface area (Å²) in [4.78, 5) is 10.3. The number of carbonyl (C=O) groups is 1. The van der Waals surface area contributed by atoms with E-state index in [2.05, 4.69) is 11.6 Å². The van der Waals surface area contributed by atoms with Crippen molar-refractivity contribution < 1.29 is 23.4 Å². The Balaban J connectivity index is 2.36. The van der Waals surface area contributed by atoms with Crippen molar-refractivity contribution in [3.8, 4) is 0 Å². The van der Waals surface area contributed by atoms with Crippen LogP contribution in [0.3, 0.4) is 0 Å². The number of aliphatic hydroxyl groups is 1. The Labute approximate surface area is 120 Å². The van der Waals surface area contributed by atoms with E-state index in [1.54, 1.807) is 0 Å². The number of nitrogens with one attached hydrogen (secondary N) is 1. The molecule has 6 nitrogen and oxygen atoms in total. The summed E-state index contributed by atoms with van der Waals surface area (Å²) in [6.45, 7) is 2.15. The van der Waals surface area contributed by atoms with Crippen LogP contribution >= 0.6 is 0 Å². The van der Waals surface area contributed by atoms with Crippen LogP contribution in [0.15, 0.2) is 0 Å². The van der Waals surface area contributed by atoms with Gasteiger partial charge in [-0.15, -0.1) is 0 Å². The fraction of sp³-hybridized carbons (Fsp3) is 0.923. The molecule has 0 radical (unpaired) electrons. The van der Waals surface area contributed by atoms with Crippen LogP contribution in [0.5, 0.6) is 0 Å². The summed E-state index contributed by atoms with van der Waals surface area (Å²) in [5.41, 5.74) is -0.953. The average molecular weight is 307 g/mol. The zero-order chi connectivity index (χ0) is 15.2. The van der Waals surface area contributed by atoms with Crippen LogP contribution in [-0.4, -0.2) is 42.5 Å². The van der Waals surface area contributed by atoms with Gasteiger partial charge in [0.15, 0.2) is 0 Å². The number of carboxylic acid groups (broad SMARTS) is 1. The van der Waals surface area contributed by atoms with E-state index in [1.165, 1.54) is 0 Å². The second-order valence-electron chi connectivity index (χ2n) is 5.71. The zero-order valence-corrected chi connectivity index (χ0v) is 12.8. The quantitative estimate of drug-likeness (QED) is 0.623. The van der Waals surface area contributed by atoms with Gasteiger partial charge in [0.1, 0.15) is 0 Å². The molecule has 0 heterocycles. The first-order valence-corrected chi connectivity index (χ1v) is 8.83. The first-order valence-electron chi connectivity index (χ1n) is 7.18. The van der Waals surface area contributed by atoms with Crippen molar-refractivity contribution in [1.82, 2.24) is 4.72 Å². The third-order valence-electron chi connectivity index (χ3n) is 4.04. The number of aliphatic carboxylic acids is 1. The van der Waals surface area contributed by atoms with E-state index in [0.29, 0.717) is 18.8 Å². The molecular formula is C13H25NO5S. The third kappa shape index (κ3) is 6.19. The van der Waals surface area contributed by atoms with Gasteiger partial charge in [-0.05, 0) is 38.0 Å². The van der Waals surface area contributed by atoms with Crippen molar-refractivity contribution in [2.45, 2.75) is 57.5 Å². The molecule has 1 rings (SSSR count). The summed E-state index contributed by atoms with van der Waals surface area (Å²) < 4.78 is 25.8. The van der Waals surface area contributed by atoms with E-state index < -0.39 is 21.6 Å². The Kier molecular flexibility index (Phi) is 6.42. The number of sulfonamides is 1. The first-order chi connectivity index (χ1) is 9.26. The predicted octanol–water partition coefficient (Wildman–Crippen LogP) is 1.10. The molecule has 3 N–H and O–H groups in total. The molecule has 118 valence electrons. The minimum absolute atomic E-state index is 0.0266. The number of hydrogen-bond donors (Lipinski definition) is 3. The van der Waals surface area contributed by atoms with Crippen molar-refractivity contribution in [1.29, 1.82) is 0 Å². The molecule has 0 aromatic heterocycles. The van der Waals surface area contributed by atoms with E-state index in [4.69, 9.17) is 5.11 Å². The lowest BCUT2D eigenvalue weighted by Crippen LogP contribution is -2.45. The molecule has 0 saturated heterocycles. The fourth-order valence-electron chi connectivity index (χ4n) is 2.53. The Morgan fingerprint density at radius 1 is 1.35 bits per heavy atom. The zero-order valence-electron chi connectivity index (χ0n) is 12.0. The molecule has 0 bridgehead atoms. The lowest BCUT2D eigenvalue weighted by Gasteiger charge is -2.35. The van der Waals surface area contributed by atoms with Gasteiger partial charge >= 0.3 is 5.97 Å². The van der Waals surface area contributed by atoms with E-state index in [-0.39, 0.29) is 25.1 Å². The lowest BCUT2D eigenvalue weighted by molar-refractivity contribution is -0.137. The highest BCUT2D eigenvalue weighted by Gasteiger charge is 2.33. The second-order valence-corrected chi connectivity index (χ2v) is 7.64. The molecule has 1 aliphatic rings. The molecule has 0 aromatic carbocycles. The lowest BCUT2D eigenvalue weighted by atomic mass is 9.78. The van der Waals surface area contributed by atoms with Crippen molar-refractivity contribution in [2.24, 2.45) is 5.92 Å². The number of hydrogen-bond acceptors (Lipinski definition) is 4. The topological polar surface area (TPSA) is 104 Å². The number of carboxylic acids is 1. The van der Waals surface area contributed by atoms with Gasteiger partial charge in [-0.3, -0.25) is 4.79 Å². The molecule has 0 aliphatic heterocycles. The van der Waals surface area contributed by atoms with Crippen LogP contribution < -0.4 is 4.72 Å². The van der Waals surface area contributed by atoms with Crippen molar-refractivity contribution >= 4 is 16.0 Å². The standard InChI is InChI=1S/C13H25NO5S/c1-2-11-5-7-13(17,8-6-11)10-14-20(18,19)9-3-4-12(15)16/h11,14,17H,2-10H2,1H3,(H,15,16). The van der Waals surface area contributed by atoms with Gasteiger partial charge in [0.25, 0.3) is 0 Å². The average Bonchev–Trinajstić information content (AvgIpc) is 2.37. The van der Waals surface area contributed by atoms with Crippen LogP contribution in [0.1, 0.15) is 51.9 Å². The van der Waals surface area contributed by atoms with Gasteiger partial charge in [0.05, 0.1) is 11.4 Å². The maximum absolute atomic E-state index is 11.7. The molecule has 1 saturated carbocycles. The minimum Gasteiger partial charge on any atom is -0.481 e. The molecular weight excluding hydrogens is 282 g/mol. The molecule has 1 fully saturated rings. The van der Waals surface area contributed by atoms with Crippen molar-refractivity contribution in [2.75, 3.05) is 12.3 Å². The molecule has 20 heavy (non-hydrogen) atoms. The number of rotatable bonds is 8. The van der Waals surface area contributed by atoms with Crippen molar-refractivity contribution in [3.63, 3.8) is 0 Å². The third-order valence-corrected chi connectivity index (χ3v) is 5.45. The minimum atomic E-state index is -3.51. The highest BCUT2D eigenvalue weighted by Crippen LogP contribution is 2.33. The van der Waals surface area contributed by atoms with Gasteiger partial charge in [0, 0.05) is 13.0 Å². The van der Waals surface area contributed by atoms with Crippen LogP contribution in [0.2, 0.25) is 0 Å². The van der Waals surface area contributed by atoms with Crippen molar-refractivity contribution in [3.05, 3.63) is 0 Å². The smallest absolute Gasteiger partial charge is 0.303 e. The Morgan fingerprint density at radius 3 is 2.45 bits per heavy atom. The molecule has 0 amide bonds. The molecule has 0 atom stereocenters. The van der Waals surface area contributed by atoms with E-state index in [9.17, 15) is 18.3 Å². The van der Waals surface area contributed by atoms with Crippen LogP contribution in [0.4, 0.5) is 0 Å². The largest absolute Gasteiger partial charge is 0.481 e. The summed E-state index contributed by atoms with van der Waals surface area (Å²) in [6, 6.07) is 0. The molecule has 0 unspecified atom stereocenters.